The van der Waals surface area contributed by atoms with Gasteiger partial charge in [0.1, 0.15) is 0 Å². The minimum Gasteiger partial charge on any atom is -0.481 e. The van der Waals surface area contributed by atoms with E-state index in [2.05, 4.69) is 4.90 Å². The van der Waals surface area contributed by atoms with Gasteiger partial charge >= 0.3 is 0 Å². The van der Waals surface area contributed by atoms with Gasteiger partial charge in [-0.2, -0.15) is 0 Å². The van der Waals surface area contributed by atoms with E-state index in [9.17, 15) is 9.18 Å². The van der Waals surface area contributed by atoms with E-state index in [4.69, 9.17) is 9.47 Å². The number of ether oxygens (including phenoxy) is 2. The summed E-state index contributed by atoms with van der Waals surface area (Å²) < 4.78 is 24.7. The van der Waals surface area contributed by atoms with Crippen LogP contribution in [0.25, 0.3) is 0 Å². The summed E-state index contributed by atoms with van der Waals surface area (Å²) >= 11 is 0. The molecule has 28 heavy (non-hydrogen) atoms. The molecule has 2 aromatic carbocycles. The lowest BCUT2D eigenvalue weighted by Crippen LogP contribution is -2.49. The second kappa shape index (κ2) is 10.2. The summed E-state index contributed by atoms with van der Waals surface area (Å²) in [5.41, 5.74) is 1.05. The Morgan fingerprint density at radius 1 is 1.14 bits per heavy atom. The van der Waals surface area contributed by atoms with Crippen LogP contribution in [0.5, 0.6) is 5.75 Å². The van der Waals surface area contributed by atoms with Crippen molar-refractivity contribution in [3.63, 3.8) is 0 Å². The van der Waals surface area contributed by atoms with Crippen molar-refractivity contribution in [1.29, 1.82) is 0 Å². The van der Waals surface area contributed by atoms with Crippen LogP contribution in [-0.2, 0) is 16.1 Å². The third kappa shape index (κ3) is 5.78. The zero-order valence-electron chi connectivity index (χ0n) is 16.2. The molecule has 1 heterocycles. The van der Waals surface area contributed by atoms with Crippen molar-refractivity contribution in [2.24, 2.45) is 0 Å². The molecule has 0 aromatic heterocycles. The van der Waals surface area contributed by atoms with Gasteiger partial charge in [0.15, 0.2) is 18.2 Å². The normalized spacial score (nSPS) is 15.8. The van der Waals surface area contributed by atoms with Crippen LogP contribution >= 0.6 is 0 Å². The van der Waals surface area contributed by atoms with Gasteiger partial charge in [0, 0.05) is 32.2 Å². The Labute approximate surface area is 165 Å². The van der Waals surface area contributed by atoms with E-state index in [1.807, 2.05) is 42.2 Å². The van der Waals surface area contributed by atoms with Crippen LogP contribution < -0.4 is 4.74 Å². The maximum atomic E-state index is 13.8. The number of morpholine rings is 1. The number of hydrogen-bond donors (Lipinski definition) is 0. The van der Waals surface area contributed by atoms with Crippen molar-refractivity contribution in [3.05, 3.63) is 66.0 Å². The second-order valence-corrected chi connectivity index (χ2v) is 6.99. The van der Waals surface area contributed by atoms with Gasteiger partial charge in [0.25, 0.3) is 5.91 Å². The smallest absolute Gasteiger partial charge is 0.261 e. The molecule has 1 amide bonds. The first kappa shape index (κ1) is 20.3. The number of carbonyl (C=O) groups is 1. The molecular formula is C22H27FN2O3. The number of hydrogen-bond acceptors (Lipinski definition) is 4. The fourth-order valence-corrected chi connectivity index (χ4v) is 3.31. The van der Waals surface area contributed by atoms with E-state index >= 15 is 0 Å². The fourth-order valence-electron chi connectivity index (χ4n) is 3.31. The van der Waals surface area contributed by atoms with Gasteiger partial charge < -0.3 is 14.4 Å². The van der Waals surface area contributed by atoms with Crippen LogP contribution in [0.3, 0.4) is 0 Å². The molecule has 0 saturated carbocycles. The van der Waals surface area contributed by atoms with Crippen molar-refractivity contribution in [3.8, 4) is 5.75 Å². The molecule has 2 aromatic rings. The van der Waals surface area contributed by atoms with E-state index < -0.39 is 5.82 Å². The molecule has 0 spiro atoms. The molecule has 3 rings (SSSR count). The van der Waals surface area contributed by atoms with Crippen LogP contribution in [0.2, 0.25) is 0 Å². The molecule has 1 unspecified atom stereocenters. The Balaban J connectivity index is 1.67. The van der Waals surface area contributed by atoms with Crippen molar-refractivity contribution in [1.82, 2.24) is 9.80 Å². The minimum absolute atomic E-state index is 0.00461. The molecule has 1 fully saturated rings. The lowest BCUT2D eigenvalue weighted by molar-refractivity contribution is -0.136. The molecule has 0 aliphatic carbocycles. The molecular weight excluding hydrogens is 359 g/mol. The molecule has 1 saturated heterocycles. The lowest BCUT2D eigenvalue weighted by Gasteiger charge is -2.35. The monoisotopic (exact) mass is 386 g/mol. The van der Waals surface area contributed by atoms with E-state index in [1.165, 1.54) is 12.1 Å². The average Bonchev–Trinajstić information content (AvgIpc) is 2.72. The van der Waals surface area contributed by atoms with Gasteiger partial charge in [-0.1, -0.05) is 42.5 Å². The second-order valence-electron chi connectivity index (χ2n) is 6.99. The molecule has 0 N–H and O–H groups in total. The van der Waals surface area contributed by atoms with E-state index in [0.29, 0.717) is 6.54 Å². The molecule has 0 radical (unpaired) electrons. The predicted molar refractivity (Wildman–Crippen MR) is 106 cm³/mol. The quantitative estimate of drug-likeness (QED) is 0.700. The fraction of sp³-hybridized carbons (Fsp3) is 0.409. The molecule has 0 bridgehead atoms. The minimum atomic E-state index is -0.466. The maximum Gasteiger partial charge on any atom is 0.261 e. The first-order valence-electron chi connectivity index (χ1n) is 9.64. The Bertz CT molecular complexity index is 750. The van der Waals surface area contributed by atoms with Gasteiger partial charge in [0.2, 0.25) is 0 Å². The zero-order chi connectivity index (χ0) is 19.8. The predicted octanol–water partition coefficient (Wildman–Crippen LogP) is 2.95. The zero-order valence-corrected chi connectivity index (χ0v) is 16.2. The van der Waals surface area contributed by atoms with E-state index in [0.717, 1.165) is 38.4 Å². The number of para-hydroxylation sites is 1. The summed E-state index contributed by atoms with van der Waals surface area (Å²) in [6.45, 7) is 6.27. The number of carbonyl (C=O) groups excluding carboxylic acids is 1. The van der Waals surface area contributed by atoms with Crippen LogP contribution in [0.1, 0.15) is 12.5 Å². The topological polar surface area (TPSA) is 42.0 Å². The average molecular weight is 386 g/mol. The lowest BCUT2D eigenvalue weighted by atomic mass is 10.1. The standard InChI is InChI=1S/C22H27FN2O3/c1-18(15-24-11-13-27-14-12-24)25(16-19-7-3-2-4-8-19)22(26)17-28-21-10-6-5-9-20(21)23/h2-10,18H,11-17H2,1H3. The largest absolute Gasteiger partial charge is 0.481 e. The molecule has 150 valence electrons. The first-order valence-corrected chi connectivity index (χ1v) is 9.64. The Morgan fingerprint density at radius 3 is 2.54 bits per heavy atom. The number of amides is 1. The molecule has 1 atom stereocenters. The molecule has 6 heteroatoms. The Kier molecular flexibility index (Phi) is 7.39. The summed E-state index contributed by atoms with van der Waals surface area (Å²) in [4.78, 5) is 17.1. The van der Waals surface area contributed by atoms with E-state index in [1.54, 1.807) is 12.1 Å². The highest BCUT2D eigenvalue weighted by Gasteiger charge is 2.24. The molecule has 1 aliphatic rings. The van der Waals surface area contributed by atoms with Crippen LogP contribution in [0.4, 0.5) is 4.39 Å². The highest BCUT2D eigenvalue weighted by atomic mass is 19.1. The Hall–Kier alpha value is -2.44. The van der Waals surface area contributed by atoms with Gasteiger partial charge in [0.05, 0.1) is 13.2 Å². The Morgan fingerprint density at radius 2 is 1.82 bits per heavy atom. The van der Waals surface area contributed by atoms with Gasteiger partial charge in [-0.15, -0.1) is 0 Å². The van der Waals surface area contributed by atoms with Crippen LogP contribution in [0.15, 0.2) is 54.6 Å². The van der Waals surface area contributed by atoms with Crippen molar-refractivity contribution in [2.45, 2.75) is 19.5 Å². The third-order valence-electron chi connectivity index (χ3n) is 4.86. The highest BCUT2D eigenvalue weighted by molar-refractivity contribution is 5.78. The van der Waals surface area contributed by atoms with Crippen molar-refractivity contribution < 1.29 is 18.7 Å². The van der Waals surface area contributed by atoms with Crippen molar-refractivity contribution in [2.75, 3.05) is 39.5 Å². The van der Waals surface area contributed by atoms with Gasteiger partial charge in [-0.05, 0) is 24.6 Å². The van der Waals surface area contributed by atoms with E-state index in [-0.39, 0.29) is 24.3 Å². The SMILES string of the molecule is CC(CN1CCOCC1)N(Cc1ccccc1)C(=O)COc1ccccc1F. The summed E-state index contributed by atoms with van der Waals surface area (Å²) in [6.07, 6.45) is 0. The molecule has 1 aliphatic heterocycles. The summed E-state index contributed by atoms with van der Waals surface area (Å²) in [5, 5.41) is 0. The summed E-state index contributed by atoms with van der Waals surface area (Å²) in [6, 6.07) is 16.0. The third-order valence-corrected chi connectivity index (χ3v) is 4.86. The van der Waals surface area contributed by atoms with Gasteiger partial charge in [-0.3, -0.25) is 9.69 Å². The number of halogens is 1. The number of nitrogens with zero attached hydrogens (tertiary/aromatic N) is 2. The van der Waals surface area contributed by atoms with Crippen molar-refractivity contribution >= 4 is 5.91 Å². The number of rotatable bonds is 8. The highest BCUT2D eigenvalue weighted by Crippen LogP contribution is 2.17. The first-order chi connectivity index (χ1) is 13.6. The maximum absolute atomic E-state index is 13.8. The van der Waals surface area contributed by atoms with Crippen LogP contribution in [0, 0.1) is 5.82 Å². The van der Waals surface area contributed by atoms with Gasteiger partial charge in [-0.25, -0.2) is 4.39 Å². The summed E-state index contributed by atoms with van der Waals surface area (Å²) in [5.74, 6) is -0.532. The number of benzene rings is 2. The van der Waals surface area contributed by atoms with Crippen LogP contribution in [-0.4, -0.2) is 61.2 Å². The summed E-state index contributed by atoms with van der Waals surface area (Å²) in [7, 11) is 0. The molecule has 5 nitrogen and oxygen atoms in total.